The Hall–Kier alpha value is -0.840. The monoisotopic (exact) mass is 277 g/mol. The molecule has 2 fully saturated rings. The molecule has 2 aliphatic rings. The van der Waals surface area contributed by atoms with Crippen LogP contribution >= 0.6 is 0 Å². The molecule has 1 saturated carbocycles. The van der Waals surface area contributed by atoms with Crippen molar-refractivity contribution in [1.82, 2.24) is 15.1 Å². The molecule has 0 bridgehead atoms. The maximum absolute atomic E-state index is 5.71. The molecule has 0 aromatic carbocycles. The van der Waals surface area contributed by atoms with Crippen LogP contribution in [0, 0.1) is 5.92 Å². The minimum Gasteiger partial charge on any atom is -0.468 e. The maximum atomic E-state index is 5.71. The van der Waals surface area contributed by atoms with E-state index in [1.54, 1.807) is 0 Å². The SMILES string of the molecule is CC1CN(Cc2cc(CNC3CC3)co2)CC1N(C)C. The van der Waals surface area contributed by atoms with E-state index in [1.807, 2.05) is 6.26 Å². The Balaban J connectivity index is 1.50. The van der Waals surface area contributed by atoms with Crippen LogP contribution in [0.1, 0.15) is 31.1 Å². The zero-order valence-electron chi connectivity index (χ0n) is 12.9. The summed E-state index contributed by atoms with van der Waals surface area (Å²) in [5.74, 6) is 1.83. The van der Waals surface area contributed by atoms with Gasteiger partial charge < -0.3 is 14.6 Å². The molecule has 1 aromatic rings. The van der Waals surface area contributed by atoms with Gasteiger partial charge in [0.2, 0.25) is 0 Å². The predicted molar refractivity (Wildman–Crippen MR) is 80.5 cm³/mol. The van der Waals surface area contributed by atoms with Gasteiger partial charge in [-0.05, 0) is 38.9 Å². The van der Waals surface area contributed by atoms with E-state index in [0.29, 0.717) is 6.04 Å². The molecule has 1 N–H and O–H groups in total. The first-order valence-corrected chi connectivity index (χ1v) is 7.80. The first kappa shape index (κ1) is 14.1. The lowest BCUT2D eigenvalue weighted by atomic mass is 10.1. The fraction of sp³-hybridized carbons (Fsp3) is 0.750. The summed E-state index contributed by atoms with van der Waals surface area (Å²) in [4.78, 5) is 4.85. The van der Waals surface area contributed by atoms with E-state index in [2.05, 4.69) is 42.2 Å². The fourth-order valence-corrected chi connectivity index (χ4v) is 3.22. The van der Waals surface area contributed by atoms with Gasteiger partial charge in [0.05, 0.1) is 12.8 Å². The highest BCUT2D eigenvalue weighted by Crippen LogP contribution is 2.23. The number of likely N-dealkylation sites (N-methyl/N-ethyl adjacent to an activating group) is 1. The molecule has 1 aliphatic heterocycles. The van der Waals surface area contributed by atoms with Crippen LogP contribution in [0.15, 0.2) is 16.7 Å². The van der Waals surface area contributed by atoms with Gasteiger partial charge in [0.15, 0.2) is 0 Å². The lowest BCUT2D eigenvalue weighted by Gasteiger charge is -2.22. The lowest BCUT2D eigenvalue weighted by molar-refractivity contribution is 0.244. The molecule has 4 nitrogen and oxygen atoms in total. The topological polar surface area (TPSA) is 31.6 Å². The van der Waals surface area contributed by atoms with Crippen molar-refractivity contribution in [2.45, 2.75) is 44.9 Å². The number of rotatable bonds is 6. The molecule has 4 heteroatoms. The van der Waals surface area contributed by atoms with Crippen molar-refractivity contribution in [2.24, 2.45) is 5.92 Å². The van der Waals surface area contributed by atoms with Crippen LogP contribution in [0.25, 0.3) is 0 Å². The van der Waals surface area contributed by atoms with Gasteiger partial charge in [0.1, 0.15) is 5.76 Å². The molecule has 0 amide bonds. The molecule has 3 rings (SSSR count). The highest BCUT2D eigenvalue weighted by Gasteiger charge is 2.31. The predicted octanol–water partition coefficient (Wildman–Crippen LogP) is 1.91. The van der Waals surface area contributed by atoms with Gasteiger partial charge in [0, 0.05) is 37.3 Å². The number of likely N-dealkylation sites (tertiary alicyclic amines) is 1. The Bertz CT molecular complexity index is 439. The summed E-state index contributed by atoms with van der Waals surface area (Å²) in [7, 11) is 4.36. The van der Waals surface area contributed by atoms with Crippen LogP contribution < -0.4 is 5.32 Å². The third kappa shape index (κ3) is 3.43. The van der Waals surface area contributed by atoms with Crippen molar-refractivity contribution < 1.29 is 4.42 Å². The van der Waals surface area contributed by atoms with Crippen molar-refractivity contribution in [3.8, 4) is 0 Å². The molecule has 1 saturated heterocycles. The Morgan fingerprint density at radius 3 is 2.80 bits per heavy atom. The summed E-state index contributed by atoms with van der Waals surface area (Å²) in [6.45, 7) is 6.55. The van der Waals surface area contributed by atoms with Gasteiger partial charge in [0.25, 0.3) is 0 Å². The Morgan fingerprint density at radius 1 is 1.35 bits per heavy atom. The van der Waals surface area contributed by atoms with Crippen LogP contribution in [-0.2, 0) is 13.1 Å². The van der Waals surface area contributed by atoms with E-state index in [0.717, 1.165) is 37.4 Å². The molecular formula is C16H27N3O. The zero-order chi connectivity index (χ0) is 14.1. The van der Waals surface area contributed by atoms with Crippen LogP contribution in [0.3, 0.4) is 0 Å². The lowest BCUT2D eigenvalue weighted by Crippen LogP contribution is -2.34. The molecule has 1 aliphatic carbocycles. The molecule has 112 valence electrons. The summed E-state index contributed by atoms with van der Waals surface area (Å²) < 4.78 is 5.71. The highest BCUT2D eigenvalue weighted by atomic mass is 16.3. The van der Waals surface area contributed by atoms with Crippen molar-refractivity contribution in [1.29, 1.82) is 0 Å². The first-order valence-electron chi connectivity index (χ1n) is 7.80. The Kier molecular flexibility index (Phi) is 4.15. The standard InChI is InChI=1S/C16H27N3O/c1-12-8-19(10-16(12)18(2)3)9-15-6-13(11-20-15)7-17-14-4-5-14/h6,11-12,14,16-17H,4-5,7-10H2,1-3H3. The smallest absolute Gasteiger partial charge is 0.118 e. The molecule has 0 radical (unpaired) electrons. The second kappa shape index (κ2) is 5.88. The van der Waals surface area contributed by atoms with Crippen LogP contribution in [0.2, 0.25) is 0 Å². The van der Waals surface area contributed by atoms with Crippen molar-refractivity contribution in [3.63, 3.8) is 0 Å². The quantitative estimate of drug-likeness (QED) is 0.861. The van der Waals surface area contributed by atoms with Crippen LogP contribution in [-0.4, -0.2) is 49.1 Å². The van der Waals surface area contributed by atoms with Gasteiger partial charge >= 0.3 is 0 Å². The fourth-order valence-electron chi connectivity index (χ4n) is 3.22. The van der Waals surface area contributed by atoms with E-state index < -0.39 is 0 Å². The Labute approximate surface area is 122 Å². The van der Waals surface area contributed by atoms with Crippen LogP contribution in [0.5, 0.6) is 0 Å². The minimum atomic E-state index is 0.668. The largest absolute Gasteiger partial charge is 0.468 e. The van der Waals surface area contributed by atoms with Gasteiger partial charge in [-0.25, -0.2) is 0 Å². The second-order valence-corrected chi connectivity index (χ2v) is 6.78. The molecule has 2 atom stereocenters. The number of nitrogens with zero attached hydrogens (tertiary/aromatic N) is 2. The third-order valence-corrected chi connectivity index (χ3v) is 4.57. The summed E-state index contributed by atoms with van der Waals surface area (Å²) in [5.41, 5.74) is 1.28. The number of hydrogen-bond acceptors (Lipinski definition) is 4. The molecular weight excluding hydrogens is 250 g/mol. The van der Waals surface area contributed by atoms with Crippen molar-refractivity contribution in [3.05, 3.63) is 23.7 Å². The van der Waals surface area contributed by atoms with Gasteiger partial charge in [-0.15, -0.1) is 0 Å². The highest BCUT2D eigenvalue weighted by molar-refractivity contribution is 5.13. The Morgan fingerprint density at radius 2 is 2.15 bits per heavy atom. The van der Waals surface area contributed by atoms with E-state index in [9.17, 15) is 0 Å². The second-order valence-electron chi connectivity index (χ2n) is 6.78. The molecule has 20 heavy (non-hydrogen) atoms. The van der Waals surface area contributed by atoms with Crippen LogP contribution in [0.4, 0.5) is 0 Å². The summed E-state index contributed by atoms with van der Waals surface area (Å²) in [6, 6.07) is 3.64. The average molecular weight is 277 g/mol. The van der Waals surface area contributed by atoms with Crippen molar-refractivity contribution >= 4 is 0 Å². The zero-order valence-corrected chi connectivity index (χ0v) is 12.9. The molecule has 0 spiro atoms. The van der Waals surface area contributed by atoms with E-state index >= 15 is 0 Å². The van der Waals surface area contributed by atoms with E-state index in [-0.39, 0.29) is 0 Å². The molecule has 1 aromatic heterocycles. The maximum Gasteiger partial charge on any atom is 0.118 e. The molecule has 2 unspecified atom stereocenters. The average Bonchev–Trinajstić information content (AvgIpc) is 3.01. The number of hydrogen-bond donors (Lipinski definition) is 1. The third-order valence-electron chi connectivity index (χ3n) is 4.57. The normalized spacial score (nSPS) is 27.6. The number of furan rings is 1. The van der Waals surface area contributed by atoms with Gasteiger partial charge in [-0.2, -0.15) is 0 Å². The number of nitrogens with one attached hydrogen (secondary N) is 1. The summed E-state index contributed by atoms with van der Waals surface area (Å²) >= 11 is 0. The summed E-state index contributed by atoms with van der Waals surface area (Å²) in [6.07, 6.45) is 4.58. The molecule has 2 heterocycles. The van der Waals surface area contributed by atoms with Gasteiger partial charge in [-0.1, -0.05) is 6.92 Å². The summed E-state index contributed by atoms with van der Waals surface area (Å²) in [5, 5.41) is 3.53. The first-order chi connectivity index (χ1) is 9.61. The van der Waals surface area contributed by atoms with E-state index in [4.69, 9.17) is 4.42 Å². The van der Waals surface area contributed by atoms with Crippen molar-refractivity contribution in [2.75, 3.05) is 27.2 Å². The van der Waals surface area contributed by atoms with Gasteiger partial charge in [-0.3, -0.25) is 4.90 Å². The van der Waals surface area contributed by atoms with E-state index in [1.165, 1.54) is 24.9 Å². The minimum absolute atomic E-state index is 0.668.